The van der Waals surface area contributed by atoms with Crippen molar-refractivity contribution in [1.82, 2.24) is 9.97 Å². The van der Waals surface area contributed by atoms with Crippen LogP contribution in [0, 0.1) is 0 Å². The summed E-state index contributed by atoms with van der Waals surface area (Å²) in [5.74, 6) is -2.05. The molecule has 9 nitrogen and oxygen atoms in total. The molecule has 2 N–H and O–H groups in total. The number of nitrogens with one attached hydrogen (secondary N) is 1. The van der Waals surface area contributed by atoms with Crippen molar-refractivity contribution in [2.45, 2.75) is 6.18 Å². The molecular weight excluding hydrogens is 531 g/mol. The van der Waals surface area contributed by atoms with E-state index in [1.807, 2.05) is 0 Å². The number of nitrogens with zero attached hydrogens (tertiary/aromatic N) is 2. The maximum Gasteiger partial charge on any atom is 0.417 e. The van der Waals surface area contributed by atoms with Crippen LogP contribution in [0.1, 0.15) is 15.9 Å². The highest BCUT2D eigenvalue weighted by Crippen LogP contribution is 2.38. The third kappa shape index (κ3) is 5.39. The number of benzene rings is 3. The number of aromatic hydroxyl groups is 1. The quantitative estimate of drug-likeness (QED) is 0.225. The lowest BCUT2D eigenvalue weighted by molar-refractivity contribution is -0.137. The summed E-state index contributed by atoms with van der Waals surface area (Å²) in [5.41, 5.74) is -1.40. The highest BCUT2D eigenvalue weighted by molar-refractivity contribution is 6.47. The monoisotopic (exact) mass is 547 g/mol. The number of rotatable bonds is 7. The lowest BCUT2D eigenvalue weighted by Crippen LogP contribution is -2.23. The van der Waals surface area contributed by atoms with E-state index < -0.39 is 39.8 Å². The number of hydrogen-bond acceptors (Lipinski definition) is 8. The summed E-state index contributed by atoms with van der Waals surface area (Å²) in [6, 6.07) is 9.39. The predicted octanol–water partition coefficient (Wildman–Crippen LogP) is 5.64. The topological polar surface area (TPSA) is 120 Å². The fourth-order valence-electron chi connectivity index (χ4n) is 3.45. The van der Waals surface area contributed by atoms with Crippen LogP contribution in [0.15, 0.2) is 54.9 Å². The second kappa shape index (κ2) is 10.4. The first-order valence-electron chi connectivity index (χ1n) is 10.6. The highest BCUT2D eigenvalue weighted by Gasteiger charge is 2.33. The molecule has 13 heteroatoms. The molecule has 3 aromatic carbocycles. The summed E-state index contributed by atoms with van der Waals surface area (Å²) >= 11 is 5.57. The Hall–Kier alpha value is -4.58. The summed E-state index contributed by atoms with van der Waals surface area (Å²) in [7, 11) is 2.93. The van der Waals surface area contributed by atoms with E-state index in [9.17, 15) is 27.9 Å². The number of phenolic OH excluding ortho intramolecular Hbond substituents is 1. The zero-order valence-electron chi connectivity index (χ0n) is 19.6. The summed E-state index contributed by atoms with van der Waals surface area (Å²) in [5, 5.41) is 12.4. The molecule has 0 radical (unpaired) electrons. The molecule has 196 valence electrons. The number of Topliss-reactive ketones (excluding diaryl/α,β-unsaturated/α-hetero) is 1. The number of amides is 1. The van der Waals surface area contributed by atoms with Crippen LogP contribution in [0.4, 0.5) is 18.9 Å². The number of fused-ring (bicyclic) bond motifs is 1. The van der Waals surface area contributed by atoms with Crippen molar-refractivity contribution in [3.8, 4) is 28.9 Å². The van der Waals surface area contributed by atoms with E-state index in [0.717, 1.165) is 24.3 Å². The van der Waals surface area contributed by atoms with Crippen LogP contribution in [0.25, 0.3) is 10.9 Å². The van der Waals surface area contributed by atoms with E-state index in [4.69, 9.17) is 25.8 Å². The third-order valence-electron chi connectivity index (χ3n) is 5.27. The number of alkyl halides is 3. The van der Waals surface area contributed by atoms with Crippen molar-refractivity contribution in [1.29, 1.82) is 0 Å². The van der Waals surface area contributed by atoms with E-state index in [2.05, 4.69) is 15.3 Å². The number of halogens is 4. The van der Waals surface area contributed by atoms with E-state index in [1.165, 1.54) is 26.6 Å². The molecule has 0 aliphatic heterocycles. The lowest BCUT2D eigenvalue weighted by atomic mass is 10.1. The molecule has 0 atom stereocenters. The summed E-state index contributed by atoms with van der Waals surface area (Å²) in [6.45, 7) is 0. The summed E-state index contributed by atoms with van der Waals surface area (Å²) < 4.78 is 55.5. The SMILES string of the molecule is COc1cc2ncnc(Oc3ccc(C(=O)C(=O)Nc4ccc(Cl)c(C(F)(F)F)c4)c(O)c3)c2cc1OC. The van der Waals surface area contributed by atoms with Crippen LogP contribution in [-0.2, 0) is 11.0 Å². The van der Waals surface area contributed by atoms with E-state index >= 15 is 0 Å². The second-order valence-electron chi connectivity index (χ2n) is 7.66. The van der Waals surface area contributed by atoms with Gasteiger partial charge in [-0.1, -0.05) is 11.6 Å². The highest BCUT2D eigenvalue weighted by atomic mass is 35.5. The Morgan fingerprint density at radius 3 is 2.34 bits per heavy atom. The minimum absolute atomic E-state index is 0.0711. The van der Waals surface area contributed by atoms with Gasteiger partial charge in [-0.3, -0.25) is 9.59 Å². The van der Waals surface area contributed by atoms with Crippen LogP contribution >= 0.6 is 11.6 Å². The lowest BCUT2D eigenvalue weighted by Gasteiger charge is -2.13. The Bertz CT molecular complexity index is 1560. The molecule has 0 saturated heterocycles. The Kier molecular flexibility index (Phi) is 7.26. The number of carbonyl (C=O) groups excluding carboxylic acids is 2. The zero-order valence-corrected chi connectivity index (χ0v) is 20.3. The first-order chi connectivity index (χ1) is 18.0. The van der Waals surface area contributed by atoms with Crippen molar-refractivity contribution in [2.24, 2.45) is 0 Å². The van der Waals surface area contributed by atoms with Gasteiger partial charge in [0.05, 0.1) is 41.3 Å². The van der Waals surface area contributed by atoms with Crippen LogP contribution < -0.4 is 19.5 Å². The van der Waals surface area contributed by atoms with Gasteiger partial charge in [-0.15, -0.1) is 0 Å². The number of ketones is 1. The second-order valence-corrected chi connectivity index (χ2v) is 8.07. The van der Waals surface area contributed by atoms with Gasteiger partial charge >= 0.3 is 6.18 Å². The first kappa shape index (κ1) is 26.5. The van der Waals surface area contributed by atoms with Crippen LogP contribution in [0.2, 0.25) is 5.02 Å². The van der Waals surface area contributed by atoms with Crippen LogP contribution in [-0.4, -0.2) is 41.0 Å². The van der Waals surface area contributed by atoms with Gasteiger partial charge in [0, 0.05) is 17.8 Å². The maximum absolute atomic E-state index is 13.1. The fraction of sp³-hybridized carbons (Fsp3) is 0.120. The van der Waals surface area contributed by atoms with Crippen molar-refractivity contribution >= 4 is 39.9 Å². The maximum atomic E-state index is 13.1. The van der Waals surface area contributed by atoms with Crippen molar-refractivity contribution in [3.63, 3.8) is 0 Å². The van der Waals surface area contributed by atoms with Gasteiger partial charge in [0.15, 0.2) is 11.5 Å². The van der Waals surface area contributed by atoms with Gasteiger partial charge in [-0.25, -0.2) is 9.97 Å². The van der Waals surface area contributed by atoms with Crippen molar-refractivity contribution in [3.05, 3.63) is 71.0 Å². The van der Waals surface area contributed by atoms with E-state index in [1.54, 1.807) is 12.1 Å². The molecule has 0 saturated carbocycles. The molecule has 1 amide bonds. The number of hydrogen-bond donors (Lipinski definition) is 2. The molecule has 0 aliphatic carbocycles. The molecule has 0 aliphatic rings. The molecular formula is C25H17ClF3N3O6. The van der Waals surface area contributed by atoms with Crippen molar-refractivity contribution < 1.29 is 42.1 Å². The van der Waals surface area contributed by atoms with Gasteiger partial charge in [0.1, 0.15) is 17.8 Å². The number of anilines is 1. The Morgan fingerprint density at radius 2 is 1.68 bits per heavy atom. The third-order valence-corrected chi connectivity index (χ3v) is 5.60. The molecule has 1 aromatic heterocycles. The van der Waals surface area contributed by atoms with Gasteiger partial charge < -0.3 is 24.6 Å². The molecule has 0 fully saturated rings. The average Bonchev–Trinajstić information content (AvgIpc) is 2.88. The zero-order chi connectivity index (χ0) is 27.6. The minimum atomic E-state index is -4.76. The Labute approximate surface area is 217 Å². The average molecular weight is 548 g/mol. The molecule has 0 unspecified atom stereocenters. The Balaban J connectivity index is 1.55. The minimum Gasteiger partial charge on any atom is -0.507 e. The number of methoxy groups -OCH3 is 2. The fourth-order valence-corrected chi connectivity index (χ4v) is 3.67. The molecule has 0 bridgehead atoms. The van der Waals surface area contributed by atoms with Crippen LogP contribution in [0.5, 0.6) is 28.9 Å². The van der Waals surface area contributed by atoms with E-state index in [-0.39, 0.29) is 17.3 Å². The molecule has 38 heavy (non-hydrogen) atoms. The molecule has 1 heterocycles. The number of ether oxygens (including phenoxy) is 3. The predicted molar refractivity (Wildman–Crippen MR) is 130 cm³/mol. The molecule has 4 aromatic rings. The summed E-state index contributed by atoms with van der Waals surface area (Å²) in [4.78, 5) is 33.2. The largest absolute Gasteiger partial charge is 0.507 e. The van der Waals surface area contributed by atoms with Crippen molar-refractivity contribution in [2.75, 3.05) is 19.5 Å². The first-order valence-corrected chi connectivity index (χ1v) is 11.0. The number of phenols is 1. The molecule has 0 spiro atoms. The standard InChI is InChI=1S/C25H17ClF3N3O6/c1-36-20-9-15-18(10-21(20)37-2)30-11-31-24(15)38-13-4-5-14(19(33)8-13)22(34)23(35)32-12-3-6-17(26)16(7-12)25(27,28)29/h3-11,33H,1-2H3,(H,32,35). The Morgan fingerprint density at radius 1 is 0.974 bits per heavy atom. The molecule has 4 rings (SSSR count). The van der Waals surface area contributed by atoms with Gasteiger partial charge in [-0.05, 0) is 36.4 Å². The van der Waals surface area contributed by atoms with Gasteiger partial charge in [0.25, 0.3) is 11.7 Å². The summed E-state index contributed by atoms with van der Waals surface area (Å²) in [6.07, 6.45) is -3.51. The smallest absolute Gasteiger partial charge is 0.417 e. The number of carbonyl (C=O) groups is 2. The van der Waals surface area contributed by atoms with E-state index in [0.29, 0.717) is 28.5 Å². The number of aromatic nitrogens is 2. The van der Waals surface area contributed by atoms with Crippen LogP contribution in [0.3, 0.4) is 0 Å². The van der Waals surface area contributed by atoms with Gasteiger partial charge in [0.2, 0.25) is 5.88 Å². The van der Waals surface area contributed by atoms with Gasteiger partial charge in [-0.2, -0.15) is 13.2 Å². The normalized spacial score (nSPS) is 11.2.